The molecule has 0 aromatic heterocycles. The number of hydrogen-bond acceptors (Lipinski definition) is 4. The van der Waals surface area contributed by atoms with E-state index in [1.165, 1.54) is 0 Å². The molecule has 2 rings (SSSR count). The van der Waals surface area contributed by atoms with Crippen molar-refractivity contribution >= 4 is 21.6 Å². The summed E-state index contributed by atoms with van der Waals surface area (Å²) in [6.07, 6.45) is 0. The van der Waals surface area contributed by atoms with Gasteiger partial charge in [0.15, 0.2) is 9.84 Å². The molecular weight excluding hydrogens is 182 g/mol. The zero-order valence-corrected chi connectivity index (χ0v) is 7.80. The smallest absolute Gasteiger partial charge is 0.154 e. The summed E-state index contributed by atoms with van der Waals surface area (Å²) in [5.74, 6) is 2.79. The zero-order valence-electron chi connectivity index (χ0n) is 6.17. The molecule has 2 aliphatic heterocycles. The van der Waals surface area contributed by atoms with Crippen molar-refractivity contribution in [1.82, 2.24) is 5.32 Å². The molecule has 11 heavy (non-hydrogen) atoms. The number of hydrogen-bond donors (Lipinski definition) is 1. The van der Waals surface area contributed by atoms with E-state index in [0.29, 0.717) is 11.5 Å². The summed E-state index contributed by atoms with van der Waals surface area (Å²) in [4.78, 5) is 0. The molecule has 5 heteroatoms. The Balaban J connectivity index is 2.05. The van der Waals surface area contributed by atoms with E-state index in [1.54, 1.807) is 0 Å². The lowest BCUT2D eigenvalue weighted by atomic mass is 10.1. The Kier molecular flexibility index (Phi) is 1.70. The molecule has 2 fully saturated rings. The van der Waals surface area contributed by atoms with Gasteiger partial charge in [0.2, 0.25) is 0 Å². The Bertz CT molecular complexity index is 240. The molecule has 0 radical (unpaired) electrons. The molecule has 3 nitrogen and oxygen atoms in total. The maximum absolute atomic E-state index is 10.9. The SMILES string of the molecule is O=S1(=O)CC2(CSCCN2)C1. The van der Waals surface area contributed by atoms with E-state index >= 15 is 0 Å². The van der Waals surface area contributed by atoms with Crippen molar-refractivity contribution < 1.29 is 8.42 Å². The maximum Gasteiger partial charge on any atom is 0.154 e. The van der Waals surface area contributed by atoms with Crippen LogP contribution in [0.4, 0.5) is 0 Å². The number of rotatable bonds is 0. The highest BCUT2D eigenvalue weighted by Crippen LogP contribution is 2.29. The summed E-state index contributed by atoms with van der Waals surface area (Å²) >= 11 is 1.85. The molecule has 0 amide bonds. The van der Waals surface area contributed by atoms with Gasteiger partial charge in [-0.2, -0.15) is 11.8 Å². The van der Waals surface area contributed by atoms with Crippen molar-refractivity contribution in [2.45, 2.75) is 5.54 Å². The Labute approximate surface area is 70.9 Å². The Hall–Kier alpha value is 0.260. The average Bonchev–Trinajstić information content (AvgIpc) is 1.85. The summed E-state index contributed by atoms with van der Waals surface area (Å²) in [6, 6.07) is 0. The van der Waals surface area contributed by atoms with Gasteiger partial charge in [0.25, 0.3) is 0 Å². The van der Waals surface area contributed by atoms with Crippen molar-refractivity contribution in [3.05, 3.63) is 0 Å². The molecule has 1 N–H and O–H groups in total. The fraction of sp³-hybridized carbons (Fsp3) is 1.00. The molecule has 0 bridgehead atoms. The Morgan fingerprint density at radius 1 is 1.36 bits per heavy atom. The van der Waals surface area contributed by atoms with E-state index < -0.39 is 9.84 Å². The lowest BCUT2D eigenvalue weighted by Crippen LogP contribution is -2.67. The van der Waals surface area contributed by atoms with Crippen LogP contribution in [0, 0.1) is 0 Å². The van der Waals surface area contributed by atoms with Crippen LogP contribution in [0.25, 0.3) is 0 Å². The second-order valence-corrected chi connectivity index (χ2v) is 6.46. The third-order valence-electron chi connectivity index (χ3n) is 2.12. The summed E-state index contributed by atoms with van der Waals surface area (Å²) < 4.78 is 21.8. The molecule has 1 spiro atoms. The van der Waals surface area contributed by atoms with Crippen LogP contribution in [0.2, 0.25) is 0 Å². The van der Waals surface area contributed by atoms with E-state index in [2.05, 4.69) is 5.32 Å². The van der Waals surface area contributed by atoms with Gasteiger partial charge in [-0.1, -0.05) is 0 Å². The van der Waals surface area contributed by atoms with Crippen molar-refractivity contribution in [3.8, 4) is 0 Å². The van der Waals surface area contributed by atoms with Gasteiger partial charge >= 0.3 is 0 Å². The normalized spacial score (nSPS) is 33.1. The van der Waals surface area contributed by atoms with Crippen LogP contribution in [0.1, 0.15) is 0 Å². The summed E-state index contributed by atoms with van der Waals surface area (Å²) in [5, 5.41) is 3.29. The van der Waals surface area contributed by atoms with Crippen molar-refractivity contribution in [2.24, 2.45) is 0 Å². The minimum Gasteiger partial charge on any atom is -0.308 e. The molecule has 64 valence electrons. The third kappa shape index (κ3) is 1.41. The highest BCUT2D eigenvalue weighted by Gasteiger charge is 2.48. The van der Waals surface area contributed by atoms with Gasteiger partial charge in [-0.3, -0.25) is 0 Å². The van der Waals surface area contributed by atoms with Crippen LogP contribution in [-0.4, -0.2) is 43.5 Å². The van der Waals surface area contributed by atoms with Crippen LogP contribution in [-0.2, 0) is 9.84 Å². The van der Waals surface area contributed by atoms with Gasteiger partial charge in [-0.25, -0.2) is 8.42 Å². The fourth-order valence-corrected chi connectivity index (χ4v) is 5.05. The molecule has 0 aromatic carbocycles. The van der Waals surface area contributed by atoms with Crippen molar-refractivity contribution in [2.75, 3.05) is 29.6 Å². The van der Waals surface area contributed by atoms with E-state index in [9.17, 15) is 8.42 Å². The number of nitrogens with one attached hydrogen (secondary N) is 1. The predicted molar refractivity (Wildman–Crippen MR) is 46.7 cm³/mol. The Morgan fingerprint density at radius 2 is 2.09 bits per heavy atom. The second kappa shape index (κ2) is 2.37. The van der Waals surface area contributed by atoms with Gasteiger partial charge in [-0.15, -0.1) is 0 Å². The third-order valence-corrected chi connectivity index (χ3v) is 5.35. The van der Waals surface area contributed by atoms with E-state index in [1.807, 2.05) is 11.8 Å². The summed E-state index contributed by atoms with van der Waals surface area (Å²) in [5.41, 5.74) is -0.0399. The lowest BCUT2D eigenvalue weighted by Gasteiger charge is -2.44. The van der Waals surface area contributed by atoms with Crippen molar-refractivity contribution in [3.63, 3.8) is 0 Å². The molecular formula is C6H11NO2S2. The van der Waals surface area contributed by atoms with Gasteiger partial charge in [0.1, 0.15) is 0 Å². The summed E-state index contributed by atoms with van der Waals surface area (Å²) in [7, 11) is -2.67. The molecule has 0 aliphatic carbocycles. The average molecular weight is 193 g/mol. The standard InChI is InChI=1S/C6H11NO2S2/c8-11(9)4-6(5-11)3-10-2-1-7-6/h7H,1-5H2. The molecule has 2 heterocycles. The van der Waals surface area contributed by atoms with Gasteiger partial charge in [0.05, 0.1) is 17.0 Å². The highest BCUT2D eigenvalue weighted by molar-refractivity contribution is 7.99. The topological polar surface area (TPSA) is 46.2 Å². The molecule has 0 atom stereocenters. The fourth-order valence-electron chi connectivity index (χ4n) is 1.69. The quantitative estimate of drug-likeness (QED) is 0.563. The first-order chi connectivity index (χ1) is 5.12. The second-order valence-electron chi connectivity index (χ2n) is 3.29. The predicted octanol–water partition coefficient (Wildman–Crippen LogP) is -0.510. The Morgan fingerprint density at radius 3 is 2.55 bits per heavy atom. The van der Waals surface area contributed by atoms with Crippen LogP contribution in [0.15, 0.2) is 0 Å². The van der Waals surface area contributed by atoms with E-state index in [-0.39, 0.29) is 5.54 Å². The molecule has 2 aliphatic rings. The minimum atomic E-state index is -2.67. The summed E-state index contributed by atoms with van der Waals surface area (Å²) in [6.45, 7) is 0.959. The monoisotopic (exact) mass is 193 g/mol. The lowest BCUT2D eigenvalue weighted by molar-refractivity contribution is 0.400. The van der Waals surface area contributed by atoms with Crippen LogP contribution in [0.5, 0.6) is 0 Å². The van der Waals surface area contributed by atoms with Gasteiger partial charge in [0, 0.05) is 18.1 Å². The van der Waals surface area contributed by atoms with Crippen LogP contribution >= 0.6 is 11.8 Å². The first kappa shape index (κ1) is 7.89. The van der Waals surface area contributed by atoms with Crippen molar-refractivity contribution in [1.29, 1.82) is 0 Å². The molecule has 0 saturated carbocycles. The first-order valence-corrected chi connectivity index (χ1v) is 6.63. The van der Waals surface area contributed by atoms with Gasteiger partial charge in [-0.05, 0) is 0 Å². The highest BCUT2D eigenvalue weighted by atomic mass is 32.2. The maximum atomic E-state index is 10.9. The zero-order chi connectivity index (χ0) is 7.95. The van der Waals surface area contributed by atoms with Crippen LogP contribution in [0.3, 0.4) is 0 Å². The van der Waals surface area contributed by atoms with E-state index in [4.69, 9.17) is 0 Å². The number of thioether (sulfide) groups is 1. The molecule has 0 aromatic rings. The molecule has 0 unspecified atom stereocenters. The largest absolute Gasteiger partial charge is 0.308 e. The van der Waals surface area contributed by atoms with E-state index in [0.717, 1.165) is 18.1 Å². The number of sulfone groups is 1. The molecule has 2 saturated heterocycles. The van der Waals surface area contributed by atoms with Crippen LogP contribution < -0.4 is 5.32 Å². The first-order valence-electron chi connectivity index (χ1n) is 3.65. The minimum absolute atomic E-state index is 0.0399. The van der Waals surface area contributed by atoms with Gasteiger partial charge < -0.3 is 5.32 Å².